The molecule has 0 spiro atoms. The third-order valence-corrected chi connectivity index (χ3v) is 5.68. The van der Waals surface area contributed by atoms with Crippen LogP contribution in [-0.4, -0.2) is 35.3 Å². The van der Waals surface area contributed by atoms with Crippen LogP contribution in [0.1, 0.15) is 29.6 Å². The standard InChI is InChI=1S/C16H18N2OS/c19-15(7-13-9-18-5-3-11(13)4-6-18)12-1-2-14-16(8-12)20-10-17-14/h1-2,8,10-11,13H,3-7,9H2/t13-/m1/s1. The van der Waals surface area contributed by atoms with Crippen LogP contribution >= 0.6 is 11.3 Å². The molecule has 1 aromatic heterocycles. The summed E-state index contributed by atoms with van der Waals surface area (Å²) in [4.78, 5) is 19.3. The number of thiazole rings is 1. The Morgan fingerprint density at radius 2 is 2.20 bits per heavy atom. The fraction of sp³-hybridized carbons (Fsp3) is 0.500. The van der Waals surface area contributed by atoms with Crippen molar-refractivity contribution in [3.05, 3.63) is 29.3 Å². The van der Waals surface area contributed by atoms with E-state index in [9.17, 15) is 4.79 Å². The number of carbonyl (C=O) groups is 1. The maximum absolute atomic E-state index is 12.5. The molecule has 1 aromatic carbocycles. The molecule has 0 amide bonds. The molecule has 3 nitrogen and oxygen atoms in total. The molecule has 3 aliphatic rings. The van der Waals surface area contributed by atoms with Crippen molar-refractivity contribution in [1.29, 1.82) is 0 Å². The zero-order valence-electron chi connectivity index (χ0n) is 11.4. The van der Waals surface area contributed by atoms with Gasteiger partial charge in [-0.2, -0.15) is 0 Å². The molecule has 0 radical (unpaired) electrons. The number of Topliss-reactive ketones (excluding diaryl/α,β-unsaturated/α-hetero) is 1. The van der Waals surface area contributed by atoms with E-state index < -0.39 is 0 Å². The highest BCUT2D eigenvalue weighted by Gasteiger charge is 2.35. The Kier molecular flexibility index (Phi) is 3.08. The van der Waals surface area contributed by atoms with E-state index in [1.54, 1.807) is 11.3 Å². The summed E-state index contributed by atoms with van der Waals surface area (Å²) >= 11 is 1.61. The maximum Gasteiger partial charge on any atom is 0.163 e. The largest absolute Gasteiger partial charge is 0.303 e. The number of carbonyl (C=O) groups excluding carboxylic acids is 1. The lowest BCUT2D eigenvalue weighted by Gasteiger charge is -2.44. The van der Waals surface area contributed by atoms with Gasteiger partial charge in [0.2, 0.25) is 0 Å². The number of hydrogen-bond acceptors (Lipinski definition) is 4. The molecule has 3 aliphatic heterocycles. The van der Waals surface area contributed by atoms with Gasteiger partial charge in [0.15, 0.2) is 5.78 Å². The van der Waals surface area contributed by atoms with Crippen molar-refractivity contribution in [2.75, 3.05) is 19.6 Å². The lowest BCUT2D eigenvalue weighted by molar-refractivity contribution is 0.0441. The molecule has 2 bridgehead atoms. The van der Waals surface area contributed by atoms with E-state index >= 15 is 0 Å². The van der Waals surface area contributed by atoms with Gasteiger partial charge >= 0.3 is 0 Å². The minimum absolute atomic E-state index is 0.305. The van der Waals surface area contributed by atoms with Crippen molar-refractivity contribution in [2.45, 2.75) is 19.3 Å². The van der Waals surface area contributed by atoms with Crippen LogP contribution in [0.2, 0.25) is 0 Å². The Labute approximate surface area is 122 Å². The number of nitrogens with zero attached hydrogens (tertiary/aromatic N) is 2. The van der Waals surface area contributed by atoms with E-state index in [-0.39, 0.29) is 0 Å². The molecule has 0 saturated carbocycles. The molecule has 0 unspecified atom stereocenters. The van der Waals surface area contributed by atoms with Gasteiger partial charge in [-0.05, 0) is 56.0 Å². The van der Waals surface area contributed by atoms with Crippen molar-refractivity contribution < 1.29 is 4.79 Å². The minimum atomic E-state index is 0.305. The SMILES string of the molecule is O=C(C[C@@H]1CN2CCC1CC2)c1ccc2ncsc2c1. The average Bonchev–Trinajstić information content (AvgIpc) is 2.96. The van der Waals surface area contributed by atoms with Crippen molar-refractivity contribution in [2.24, 2.45) is 11.8 Å². The summed E-state index contributed by atoms with van der Waals surface area (Å²) in [6.07, 6.45) is 3.28. The van der Waals surface area contributed by atoms with Crippen molar-refractivity contribution in [3.8, 4) is 0 Å². The Morgan fingerprint density at radius 3 is 2.95 bits per heavy atom. The number of fused-ring (bicyclic) bond motifs is 4. The molecule has 3 fully saturated rings. The van der Waals surface area contributed by atoms with Crippen LogP contribution in [0.4, 0.5) is 0 Å². The zero-order chi connectivity index (χ0) is 13.5. The Balaban J connectivity index is 1.52. The van der Waals surface area contributed by atoms with Crippen LogP contribution in [-0.2, 0) is 0 Å². The van der Waals surface area contributed by atoms with Gasteiger partial charge in [0.1, 0.15) is 0 Å². The smallest absolute Gasteiger partial charge is 0.163 e. The second-order valence-corrected chi connectivity index (χ2v) is 6.95. The summed E-state index contributed by atoms with van der Waals surface area (Å²) in [6, 6.07) is 5.91. The summed E-state index contributed by atoms with van der Waals surface area (Å²) in [7, 11) is 0. The number of piperidine rings is 3. The van der Waals surface area contributed by atoms with Gasteiger partial charge in [0.25, 0.3) is 0 Å². The third-order valence-electron chi connectivity index (χ3n) is 4.89. The summed E-state index contributed by atoms with van der Waals surface area (Å²) in [5.74, 6) is 1.65. The van der Waals surface area contributed by atoms with E-state index in [0.29, 0.717) is 18.1 Å². The third kappa shape index (κ3) is 2.17. The van der Waals surface area contributed by atoms with E-state index in [2.05, 4.69) is 9.88 Å². The summed E-state index contributed by atoms with van der Waals surface area (Å²) < 4.78 is 1.12. The van der Waals surface area contributed by atoms with Gasteiger partial charge in [0, 0.05) is 18.5 Å². The van der Waals surface area contributed by atoms with E-state index in [1.165, 1.54) is 25.9 Å². The first-order chi connectivity index (χ1) is 9.79. The van der Waals surface area contributed by atoms with E-state index in [0.717, 1.165) is 28.2 Å². The number of benzene rings is 1. The highest BCUT2D eigenvalue weighted by atomic mass is 32.1. The van der Waals surface area contributed by atoms with Gasteiger partial charge < -0.3 is 4.90 Å². The molecule has 3 saturated heterocycles. The first-order valence-electron chi connectivity index (χ1n) is 7.38. The molecule has 2 aromatic rings. The molecule has 1 atom stereocenters. The first kappa shape index (κ1) is 12.5. The fourth-order valence-corrected chi connectivity index (χ4v) is 4.42. The average molecular weight is 286 g/mol. The van der Waals surface area contributed by atoms with Gasteiger partial charge in [-0.25, -0.2) is 4.98 Å². The highest BCUT2D eigenvalue weighted by molar-refractivity contribution is 7.16. The molecule has 4 heteroatoms. The van der Waals surface area contributed by atoms with Crippen LogP contribution in [0.25, 0.3) is 10.2 Å². The van der Waals surface area contributed by atoms with Crippen LogP contribution in [0.5, 0.6) is 0 Å². The number of hydrogen-bond donors (Lipinski definition) is 0. The molecule has 20 heavy (non-hydrogen) atoms. The van der Waals surface area contributed by atoms with Gasteiger partial charge in [-0.3, -0.25) is 4.79 Å². The lowest BCUT2D eigenvalue weighted by Crippen LogP contribution is -2.47. The summed E-state index contributed by atoms with van der Waals surface area (Å²) in [5.41, 5.74) is 3.69. The predicted molar refractivity (Wildman–Crippen MR) is 81.2 cm³/mol. The van der Waals surface area contributed by atoms with Crippen molar-refractivity contribution in [3.63, 3.8) is 0 Å². The van der Waals surface area contributed by atoms with Crippen LogP contribution in [0.3, 0.4) is 0 Å². The quantitative estimate of drug-likeness (QED) is 0.812. The number of aromatic nitrogens is 1. The maximum atomic E-state index is 12.5. The number of ketones is 1. The predicted octanol–water partition coefficient (Wildman–Crippen LogP) is 3.21. The summed E-state index contributed by atoms with van der Waals surface area (Å²) in [6.45, 7) is 3.60. The second-order valence-electron chi connectivity index (χ2n) is 6.06. The molecular weight excluding hydrogens is 268 g/mol. The monoisotopic (exact) mass is 286 g/mol. The first-order valence-corrected chi connectivity index (χ1v) is 8.26. The van der Waals surface area contributed by atoms with Gasteiger partial charge in [-0.1, -0.05) is 0 Å². The summed E-state index contributed by atoms with van der Waals surface area (Å²) in [5, 5.41) is 0. The number of rotatable bonds is 3. The van der Waals surface area contributed by atoms with Crippen molar-refractivity contribution in [1.82, 2.24) is 9.88 Å². The molecule has 104 valence electrons. The fourth-order valence-electron chi connectivity index (χ4n) is 3.70. The molecule has 5 rings (SSSR count). The Morgan fingerprint density at radius 1 is 1.35 bits per heavy atom. The van der Waals surface area contributed by atoms with Crippen molar-refractivity contribution >= 4 is 27.3 Å². The highest BCUT2D eigenvalue weighted by Crippen LogP contribution is 2.35. The van der Waals surface area contributed by atoms with Crippen LogP contribution in [0, 0.1) is 11.8 Å². The zero-order valence-corrected chi connectivity index (χ0v) is 12.2. The van der Waals surface area contributed by atoms with E-state index in [1.807, 2.05) is 23.7 Å². The molecular formula is C16H18N2OS. The van der Waals surface area contributed by atoms with Crippen LogP contribution in [0.15, 0.2) is 23.7 Å². The Hall–Kier alpha value is -1.26. The van der Waals surface area contributed by atoms with Gasteiger partial charge in [-0.15, -0.1) is 11.3 Å². The topological polar surface area (TPSA) is 33.2 Å². The second kappa shape index (κ2) is 4.93. The Bertz CT molecular complexity index is 643. The van der Waals surface area contributed by atoms with Gasteiger partial charge in [0.05, 0.1) is 15.7 Å². The minimum Gasteiger partial charge on any atom is -0.303 e. The molecule has 0 N–H and O–H groups in total. The normalized spacial score (nSPS) is 28.9. The lowest BCUT2D eigenvalue weighted by atomic mass is 9.76. The van der Waals surface area contributed by atoms with Crippen LogP contribution < -0.4 is 0 Å². The molecule has 4 heterocycles. The molecule has 0 aliphatic carbocycles. The van der Waals surface area contributed by atoms with E-state index in [4.69, 9.17) is 0 Å².